The molecule has 0 bridgehead atoms. The van der Waals surface area contributed by atoms with E-state index in [1.54, 1.807) is 0 Å². The van der Waals surface area contributed by atoms with Gasteiger partial charge in [0, 0.05) is 37.3 Å². The lowest BCUT2D eigenvalue weighted by Crippen LogP contribution is -2.44. The molecule has 1 atom stereocenters. The fourth-order valence-electron chi connectivity index (χ4n) is 2.22. The van der Waals surface area contributed by atoms with Crippen LogP contribution in [0.15, 0.2) is 6.20 Å². The fourth-order valence-corrected chi connectivity index (χ4v) is 3.27. The molecule has 5 heteroatoms. The first kappa shape index (κ1) is 13.9. The predicted molar refractivity (Wildman–Crippen MR) is 77.0 cm³/mol. The third kappa shape index (κ3) is 3.51. The fraction of sp³-hybridized carbons (Fsp3) is 0.769. The monoisotopic (exact) mass is 268 g/mol. The number of likely N-dealkylation sites (N-methyl/N-ethyl adjacent to an activating group) is 2. The molecule has 0 spiro atoms. The van der Waals surface area contributed by atoms with E-state index < -0.39 is 0 Å². The zero-order valence-electron chi connectivity index (χ0n) is 11.6. The maximum Gasteiger partial charge on any atom is 0.111 e. The van der Waals surface area contributed by atoms with E-state index in [-0.39, 0.29) is 0 Å². The van der Waals surface area contributed by atoms with E-state index in [4.69, 9.17) is 0 Å². The largest absolute Gasteiger partial charge is 0.312 e. The highest BCUT2D eigenvalue weighted by Crippen LogP contribution is 2.27. The van der Waals surface area contributed by atoms with Crippen molar-refractivity contribution in [1.29, 1.82) is 0 Å². The average Bonchev–Trinajstić information content (AvgIpc) is 2.81. The van der Waals surface area contributed by atoms with Crippen LogP contribution in [0.25, 0.3) is 0 Å². The minimum atomic E-state index is 0.466. The second-order valence-corrected chi connectivity index (χ2v) is 6.25. The number of thiazole rings is 1. The smallest absolute Gasteiger partial charge is 0.111 e. The number of piperazine rings is 1. The third-order valence-electron chi connectivity index (χ3n) is 3.43. The van der Waals surface area contributed by atoms with Crippen molar-refractivity contribution in [1.82, 2.24) is 20.1 Å². The van der Waals surface area contributed by atoms with Gasteiger partial charge in [0.1, 0.15) is 5.01 Å². The molecule has 1 aromatic rings. The molecule has 1 aromatic heterocycles. The summed E-state index contributed by atoms with van der Waals surface area (Å²) < 4.78 is 0. The van der Waals surface area contributed by atoms with Crippen molar-refractivity contribution in [2.24, 2.45) is 0 Å². The number of aromatic nitrogens is 1. The van der Waals surface area contributed by atoms with E-state index in [0.717, 1.165) is 32.7 Å². The SMILES string of the molecule is CCCNCc1cnc(C2CN(C)CCN2C)s1. The van der Waals surface area contributed by atoms with E-state index in [9.17, 15) is 0 Å². The zero-order valence-corrected chi connectivity index (χ0v) is 12.5. The van der Waals surface area contributed by atoms with Crippen LogP contribution in [0.1, 0.15) is 29.3 Å². The molecule has 0 radical (unpaired) electrons. The summed E-state index contributed by atoms with van der Waals surface area (Å²) >= 11 is 1.85. The highest BCUT2D eigenvalue weighted by Gasteiger charge is 2.25. The average molecular weight is 268 g/mol. The number of nitrogens with one attached hydrogen (secondary N) is 1. The van der Waals surface area contributed by atoms with E-state index in [1.807, 2.05) is 17.5 Å². The van der Waals surface area contributed by atoms with E-state index in [2.05, 4.69) is 41.1 Å². The predicted octanol–water partition coefficient (Wildman–Crippen LogP) is 1.56. The van der Waals surface area contributed by atoms with E-state index in [0.29, 0.717) is 6.04 Å². The molecular weight excluding hydrogens is 244 g/mol. The molecule has 0 amide bonds. The van der Waals surface area contributed by atoms with E-state index >= 15 is 0 Å². The van der Waals surface area contributed by atoms with Crippen LogP contribution < -0.4 is 5.32 Å². The molecule has 102 valence electrons. The van der Waals surface area contributed by atoms with Gasteiger partial charge in [0.2, 0.25) is 0 Å². The van der Waals surface area contributed by atoms with Crippen LogP contribution >= 0.6 is 11.3 Å². The second-order valence-electron chi connectivity index (χ2n) is 5.10. The van der Waals surface area contributed by atoms with Gasteiger partial charge in [-0.15, -0.1) is 11.3 Å². The highest BCUT2D eigenvalue weighted by molar-refractivity contribution is 7.11. The molecule has 1 fully saturated rings. The Bertz CT molecular complexity index is 366. The summed E-state index contributed by atoms with van der Waals surface area (Å²) in [5.41, 5.74) is 0. The first-order chi connectivity index (χ1) is 8.70. The topological polar surface area (TPSA) is 31.4 Å². The Balaban J connectivity index is 1.95. The Kier molecular flexibility index (Phi) is 5.12. The van der Waals surface area contributed by atoms with Crippen LogP contribution in [-0.2, 0) is 6.54 Å². The quantitative estimate of drug-likeness (QED) is 0.821. The molecule has 2 heterocycles. The van der Waals surface area contributed by atoms with Crippen molar-refractivity contribution < 1.29 is 0 Å². The van der Waals surface area contributed by atoms with Crippen molar-refractivity contribution >= 4 is 11.3 Å². The van der Waals surface area contributed by atoms with Gasteiger partial charge in [-0.05, 0) is 27.1 Å². The molecule has 1 N–H and O–H groups in total. The maximum atomic E-state index is 4.61. The highest BCUT2D eigenvalue weighted by atomic mass is 32.1. The van der Waals surface area contributed by atoms with Crippen molar-refractivity contribution in [3.05, 3.63) is 16.1 Å². The minimum absolute atomic E-state index is 0.466. The van der Waals surface area contributed by atoms with Gasteiger partial charge in [0.25, 0.3) is 0 Å². The van der Waals surface area contributed by atoms with Gasteiger partial charge in [-0.3, -0.25) is 4.90 Å². The van der Waals surface area contributed by atoms with Gasteiger partial charge in [0.15, 0.2) is 0 Å². The summed E-state index contributed by atoms with van der Waals surface area (Å²) in [7, 11) is 4.39. The summed E-state index contributed by atoms with van der Waals surface area (Å²) in [6.07, 6.45) is 3.22. The van der Waals surface area contributed by atoms with Gasteiger partial charge >= 0.3 is 0 Å². The second kappa shape index (κ2) is 6.61. The van der Waals surface area contributed by atoms with Crippen LogP contribution in [0.2, 0.25) is 0 Å². The van der Waals surface area contributed by atoms with Gasteiger partial charge in [0.05, 0.1) is 6.04 Å². The van der Waals surface area contributed by atoms with Crippen molar-refractivity contribution in [3.8, 4) is 0 Å². The Morgan fingerprint density at radius 2 is 2.28 bits per heavy atom. The Morgan fingerprint density at radius 3 is 3.06 bits per heavy atom. The normalized spacial score (nSPS) is 22.5. The minimum Gasteiger partial charge on any atom is -0.312 e. The Morgan fingerprint density at radius 1 is 1.44 bits per heavy atom. The first-order valence-electron chi connectivity index (χ1n) is 6.74. The molecule has 2 rings (SSSR count). The molecule has 0 aromatic carbocycles. The van der Waals surface area contributed by atoms with E-state index in [1.165, 1.54) is 16.3 Å². The van der Waals surface area contributed by atoms with Crippen molar-refractivity contribution in [2.75, 3.05) is 40.3 Å². The molecule has 0 saturated carbocycles. The van der Waals surface area contributed by atoms with Gasteiger partial charge in [-0.2, -0.15) is 0 Å². The molecule has 1 saturated heterocycles. The number of hydrogen-bond donors (Lipinski definition) is 1. The lowest BCUT2D eigenvalue weighted by Gasteiger charge is -2.36. The summed E-state index contributed by atoms with van der Waals surface area (Å²) in [6.45, 7) is 7.61. The maximum absolute atomic E-state index is 4.61. The lowest BCUT2D eigenvalue weighted by molar-refractivity contribution is 0.115. The summed E-state index contributed by atoms with van der Waals surface area (Å²) in [5, 5.41) is 4.70. The summed E-state index contributed by atoms with van der Waals surface area (Å²) in [4.78, 5) is 10.8. The number of nitrogens with zero attached hydrogens (tertiary/aromatic N) is 3. The van der Waals surface area contributed by atoms with Gasteiger partial charge in [-0.1, -0.05) is 6.92 Å². The molecule has 18 heavy (non-hydrogen) atoms. The van der Waals surface area contributed by atoms with Crippen molar-refractivity contribution in [2.45, 2.75) is 25.9 Å². The van der Waals surface area contributed by atoms with Crippen LogP contribution in [0.5, 0.6) is 0 Å². The van der Waals surface area contributed by atoms with Gasteiger partial charge in [-0.25, -0.2) is 4.98 Å². The zero-order chi connectivity index (χ0) is 13.0. The van der Waals surface area contributed by atoms with Crippen LogP contribution in [0, 0.1) is 0 Å². The number of rotatable bonds is 5. The molecule has 0 aliphatic carbocycles. The van der Waals surface area contributed by atoms with Crippen molar-refractivity contribution in [3.63, 3.8) is 0 Å². The molecule has 1 unspecified atom stereocenters. The molecule has 1 aliphatic rings. The molecule has 1 aliphatic heterocycles. The standard InChI is InChI=1S/C13H24N4S/c1-4-5-14-8-11-9-15-13(18-11)12-10-16(2)6-7-17(12)3/h9,12,14H,4-8,10H2,1-3H3. The molecule has 4 nitrogen and oxygen atoms in total. The molecular formula is C13H24N4S. The summed E-state index contributed by atoms with van der Waals surface area (Å²) in [5.74, 6) is 0. The van der Waals surface area contributed by atoms with Gasteiger partial charge < -0.3 is 10.2 Å². The Labute approximate surface area is 114 Å². The Hall–Kier alpha value is -0.490. The first-order valence-corrected chi connectivity index (χ1v) is 7.56. The summed E-state index contributed by atoms with van der Waals surface area (Å²) in [6, 6.07) is 0.466. The third-order valence-corrected chi connectivity index (χ3v) is 4.53. The van der Waals surface area contributed by atoms with Crippen LogP contribution in [0.4, 0.5) is 0 Å². The van der Waals surface area contributed by atoms with Crippen LogP contribution in [-0.4, -0.2) is 55.1 Å². The van der Waals surface area contributed by atoms with Crippen LogP contribution in [0.3, 0.4) is 0 Å². The lowest BCUT2D eigenvalue weighted by atomic mass is 10.2. The number of hydrogen-bond acceptors (Lipinski definition) is 5.